The lowest BCUT2D eigenvalue weighted by Crippen LogP contribution is -2.39. The van der Waals surface area contributed by atoms with Crippen molar-refractivity contribution >= 4 is 10.9 Å². The van der Waals surface area contributed by atoms with Gasteiger partial charge >= 0.3 is 0 Å². The number of aromatic nitrogens is 4. The molecule has 7 heteroatoms. The third kappa shape index (κ3) is 3.20. The molecule has 1 aliphatic rings. The van der Waals surface area contributed by atoms with E-state index in [9.17, 15) is 4.79 Å². The molecule has 1 saturated heterocycles. The van der Waals surface area contributed by atoms with Gasteiger partial charge in [-0.25, -0.2) is 0 Å². The van der Waals surface area contributed by atoms with Crippen LogP contribution in [0.2, 0.25) is 0 Å². The highest BCUT2D eigenvalue weighted by Gasteiger charge is 2.26. The Hall–Kier alpha value is -2.51. The molecule has 0 saturated carbocycles. The topological polar surface area (TPSA) is 76.0 Å². The second kappa shape index (κ2) is 6.78. The van der Waals surface area contributed by atoms with Crippen molar-refractivity contribution in [2.45, 2.75) is 26.1 Å². The van der Waals surface area contributed by atoms with E-state index < -0.39 is 0 Å². The van der Waals surface area contributed by atoms with E-state index in [1.165, 1.54) is 0 Å². The summed E-state index contributed by atoms with van der Waals surface area (Å²) in [5.74, 6) is 0.847. The van der Waals surface area contributed by atoms with Gasteiger partial charge in [-0.3, -0.25) is 9.69 Å². The predicted molar refractivity (Wildman–Crippen MR) is 94.2 cm³/mol. The van der Waals surface area contributed by atoms with Crippen molar-refractivity contribution in [2.24, 2.45) is 0 Å². The van der Waals surface area contributed by atoms with Gasteiger partial charge in [0.1, 0.15) is 12.4 Å². The summed E-state index contributed by atoms with van der Waals surface area (Å²) in [7, 11) is 0. The highest BCUT2D eigenvalue weighted by molar-refractivity contribution is 5.78. The number of morpholine rings is 1. The summed E-state index contributed by atoms with van der Waals surface area (Å²) in [6.45, 7) is 5.58. The number of hydrogen-bond acceptors (Lipinski definition) is 5. The van der Waals surface area contributed by atoms with Crippen LogP contribution in [0.4, 0.5) is 0 Å². The van der Waals surface area contributed by atoms with Crippen molar-refractivity contribution in [3.63, 3.8) is 0 Å². The minimum atomic E-state index is -0.115. The van der Waals surface area contributed by atoms with E-state index in [0.29, 0.717) is 19.7 Å². The third-order valence-electron chi connectivity index (χ3n) is 4.65. The van der Waals surface area contributed by atoms with Crippen molar-refractivity contribution < 1.29 is 4.74 Å². The molecule has 1 aliphatic heterocycles. The molecule has 1 atom stereocenters. The molecule has 0 bridgehead atoms. The third-order valence-corrected chi connectivity index (χ3v) is 4.65. The van der Waals surface area contributed by atoms with Crippen LogP contribution >= 0.6 is 0 Å². The van der Waals surface area contributed by atoms with Gasteiger partial charge < -0.3 is 14.3 Å². The maximum Gasteiger partial charge on any atom is 0.252 e. The number of aromatic amines is 1. The fourth-order valence-electron chi connectivity index (χ4n) is 3.31. The fraction of sp³-hybridized carbons (Fsp3) is 0.389. The Morgan fingerprint density at radius 3 is 3.12 bits per heavy atom. The molecule has 0 radical (unpaired) electrons. The van der Waals surface area contributed by atoms with Crippen LogP contribution in [0.5, 0.6) is 0 Å². The van der Waals surface area contributed by atoms with Gasteiger partial charge in [-0.05, 0) is 24.4 Å². The van der Waals surface area contributed by atoms with Gasteiger partial charge in [0.05, 0.1) is 6.61 Å². The van der Waals surface area contributed by atoms with Gasteiger partial charge in [-0.1, -0.05) is 18.2 Å². The van der Waals surface area contributed by atoms with Crippen molar-refractivity contribution in [1.29, 1.82) is 0 Å². The van der Waals surface area contributed by atoms with Crippen LogP contribution in [-0.4, -0.2) is 44.3 Å². The Balaban J connectivity index is 1.55. The molecule has 3 aromatic rings. The molecular formula is C18H21N5O2. The number of hydrogen-bond donors (Lipinski definition) is 1. The van der Waals surface area contributed by atoms with Gasteiger partial charge in [-0.2, -0.15) is 0 Å². The summed E-state index contributed by atoms with van der Waals surface area (Å²) in [5.41, 5.74) is 1.61. The van der Waals surface area contributed by atoms with E-state index in [-0.39, 0.29) is 11.7 Å². The quantitative estimate of drug-likeness (QED) is 0.783. The average molecular weight is 339 g/mol. The number of fused-ring (bicyclic) bond motifs is 1. The van der Waals surface area contributed by atoms with Gasteiger partial charge in [0.25, 0.3) is 5.56 Å². The van der Waals surface area contributed by atoms with Crippen molar-refractivity contribution in [3.8, 4) is 0 Å². The van der Waals surface area contributed by atoms with Crippen molar-refractivity contribution in [1.82, 2.24) is 24.6 Å². The summed E-state index contributed by atoms with van der Waals surface area (Å²) in [6.07, 6.45) is 1.61. The molecule has 0 spiro atoms. The first kappa shape index (κ1) is 16.0. The number of para-hydroxylation sites is 1. The Morgan fingerprint density at radius 2 is 2.24 bits per heavy atom. The van der Waals surface area contributed by atoms with E-state index in [2.05, 4.69) is 27.0 Å². The highest BCUT2D eigenvalue weighted by Crippen LogP contribution is 2.21. The van der Waals surface area contributed by atoms with Gasteiger partial charge in [0, 0.05) is 37.3 Å². The molecule has 25 heavy (non-hydrogen) atoms. The summed E-state index contributed by atoms with van der Waals surface area (Å²) in [4.78, 5) is 17.6. The maximum atomic E-state index is 12.4. The molecule has 1 N–H and O–H groups in total. The number of aryl methyl sites for hydroxylation is 1. The molecule has 1 fully saturated rings. The standard InChI is InChI=1S/C18H21N5O2/c1-2-23-12-19-21-17(23)16-11-22(7-8-25-16)10-14-9-13-5-3-4-6-15(13)20-18(14)24/h3-6,9,12,16H,2,7-8,10-11H2,1H3,(H,20,24)/t16-/m0/s1. The molecule has 3 heterocycles. The Kier molecular flexibility index (Phi) is 4.33. The minimum absolute atomic E-state index is 0.0292. The first-order chi connectivity index (χ1) is 12.2. The lowest BCUT2D eigenvalue weighted by Gasteiger charge is -2.32. The fourth-order valence-corrected chi connectivity index (χ4v) is 3.31. The molecule has 130 valence electrons. The molecule has 2 aromatic heterocycles. The van der Waals surface area contributed by atoms with E-state index in [1.807, 2.05) is 34.9 Å². The van der Waals surface area contributed by atoms with Gasteiger partial charge in [0.15, 0.2) is 5.82 Å². The second-order valence-electron chi connectivity index (χ2n) is 6.28. The van der Waals surface area contributed by atoms with Crippen LogP contribution < -0.4 is 5.56 Å². The number of rotatable bonds is 4. The van der Waals surface area contributed by atoms with Crippen molar-refractivity contribution in [2.75, 3.05) is 19.7 Å². The van der Waals surface area contributed by atoms with Crippen LogP contribution in [0, 0.1) is 0 Å². The molecule has 0 aliphatic carbocycles. The zero-order chi connectivity index (χ0) is 17.2. The molecule has 4 rings (SSSR count). The first-order valence-corrected chi connectivity index (χ1v) is 8.57. The number of benzene rings is 1. The Labute approximate surface area is 145 Å². The zero-order valence-electron chi connectivity index (χ0n) is 14.2. The van der Waals surface area contributed by atoms with Crippen LogP contribution in [-0.2, 0) is 17.8 Å². The molecule has 0 unspecified atom stereocenters. The predicted octanol–water partition coefficient (Wildman–Crippen LogP) is 1.71. The molecule has 0 amide bonds. The Bertz CT molecular complexity index is 932. The van der Waals surface area contributed by atoms with Crippen LogP contribution in [0.3, 0.4) is 0 Å². The van der Waals surface area contributed by atoms with E-state index in [0.717, 1.165) is 35.4 Å². The Morgan fingerprint density at radius 1 is 1.36 bits per heavy atom. The van der Waals surface area contributed by atoms with Gasteiger partial charge in [0.2, 0.25) is 0 Å². The summed E-state index contributed by atoms with van der Waals surface area (Å²) < 4.78 is 7.88. The summed E-state index contributed by atoms with van der Waals surface area (Å²) >= 11 is 0. The second-order valence-corrected chi connectivity index (χ2v) is 6.28. The zero-order valence-corrected chi connectivity index (χ0v) is 14.2. The van der Waals surface area contributed by atoms with Crippen molar-refractivity contribution in [3.05, 3.63) is 58.4 Å². The number of ether oxygens (including phenoxy) is 1. The number of nitrogens with one attached hydrogen (secondary N) is 1. The SMILES string of the molecule is CCn1cnnc1[C@@H]1CN(Cc2cc3ccccc3[nH]c2=O)CCO1. The smallest absolute Gasteiger partial charge is 0.252 e. The van der Waals surface area contributed by atoms with E-state index in [4.69, 9.17) is 4.74 Å². The lowest BCUT2D eigenvalue weighted by molar-refractivity contribution is -0.0389. The molecular weight excluding hydrogens is 318 g/mol. The lowest BCUT2D eigenvalue weighted by atomic mass is 10.1. The average Bonchev–Trinajstić information content (AvgIpc) is 3.11. The van der Waals surface area contributed by atoms with Crippen LogP contribution in [0.25, 0.3) is 10.9 Å². The van der Waals surface area contributed by atoms with Gasteiger partial charge in [-0.15, -0.1) is 10.2 Å². The first-order valence-electron chi connectivity index (χ1n) is 8.57. The summed E-state index contributed by atoms with van der Waals surface area (Å²) in [5, 5.41) is 9.24. The normalized spacial score (nSPS) is 18.7. The number of H-pyrrole nitrogens is 1. The van der Waals surface area contributed by atoms with Crippen LogP contribution in [0.15, 0.2) is 41.5 Å². The van der Waals surface area contributed by atoms with E-state index in [1.54, 1.807) is 6.33 Å². The monoisotopic (exact) mass is 339 g/mol. The molecule has 7 nitrogen and oxygen atoms in total. The summed E-state index contributed by atoms with van der Waals surface area (Å²) in [6, 6.07) is 9.82. The van der Waals surface area contributed by atoms with E-state index >= 15 is 0 Å². The molecule has 1 aromatic carbocycles. The largest absolute Gasteiger partial charge is 0.368 e. The number of nitrogens with zero attached hydrogens (tertiary/aromatic N) is 4. The van der Waals surface area contributed by atoms with Crippen LogP contribution in [0.1, 0.15) is 24.4 Å². The minimum Gasteiger partial charge on any atom is -0.368 e. The highest BCUT2D eigenvalue weighted by atomic mass is 16.5. The number of pyridine rings is 1. The maximum absolute atomic E-state index is 12.4.